The highest BCUT2D eigenvalue weighted by molar-refractivity contribution is 9.09. The molecule has 1 atom stereocenters. The topological polar surface area (TPSA) is 29.1 Å². The average Bonchev–Trinajstić information content (AvgIpc) is 2.36. The van der Waals surface area contributed by atoms with E-state index in [2.05, 4.69) is 28.2 Å². The molecule has 0 saturated carbocycles. The van der Waals surface area contributed by atoms with Gasteiger partial charge in [-0.1, -0.05) is 47.5 Å². The maximum absolute atomic E-state index is 12.1. The van der Waals surface area contributed by atoms with Crippen molar-refractivity contribution in [3.05, 3.63) is 35.4 Å². The standard InChI is InChI=1S/C15H22BrNO/c1-3-6-13(9-10-16)11-17-15(18)14-8-5-4-7-12(14)2/h4-5,7-8,13H,3,6,9-11H2,1-2H3,(H,17,18). The van der Waals surface area contributed by atoms with E-state index < -0.39 is 0 Å². The van der Waals surface area contributed by atoms with E-state index in [0.29, 0.717) is 5.92 Å². The normalized spacial score (nSPS) is 12.2. The predicted molar refractivity (Wildman–Crippen MR) is 80.3 cm³/mol. The van der Waals surface area contributed by atoms with Gasteiger partial charge in [0.2, 0.25) is 0 Å². The Morgan fingerprint density at radius 1 is 1.33 bits per heavy atom. The van der Waals surface area contributed by atoms with E-state index in [4.69, 9.17) is 0 Å². The van der Waals surface area contributed by atoms with Crippen molar-refractivity contribution in [2.45, 2.75) is 33.1 Å². The van der Waals surface area contributed by atoms with Gasteiger partial charge in [-0.05, 0) is 37.3 Å². The molecule has 100 valence electrons. The summed E-state index contributed by atoms with van der Waals surface area (Å²) in [5.74, 6) is 0.617. The molecule has 1 rings (SSSR count). The fourth-order valence-electron chi connectivity index (χ4n) is 2.07. The number of hydrogen-bond donors (Lipinski definition) is 1. The first-order valence-corrected chi connectivity index (χ1v) is 7.71. The molecule has 1 unspecified atom stereocenters. The van der Waals surface area contributed by atoms with Crippen molar-refractivity contribution in [1.29, 1.82) is 0 Å². The molecule has 0 aliphatic rings. The number of nitrogens with one attached hydrogen (secondary N) is 1. The van der Waals surface area contributed by atoms with Crippen LogP contribution in [0.3, 0.4) is 0 Å². The molecule has 0 saturated heterocycles. The summed E-state index contributed by atoms with van der Waals surface area (Å²) in [6, 6.07) is 7.71. The lowest BCUT2D eigenvalue weighted by Gasteiger charge is -2.16. The first-order valence-electron chi connectivity index (χ1n) is 6.58. The third-order valence-electron chi connectivity index (χ3n) is 3.16. The van der Waals surface area contributed by atoms with Crippen molar-refractivity contribution in [1.82, 2.24) is 5.32 Å². The van der Waals surface area contributed by atoms with Crippen LogP contribution in [0.5, 0.6) is 0 Å². The summed E-state index contributed by atoms with van der Waals surface area (Å²) < 4.78 is 0. The summed E-state index contributed by atoms with van der Waals surface area (Å²) in [6.07, 6.45) is 3.44. The molecule has 0 spiro atoms. The smallest absolute Gasteiger partial charge is 0.251 e. The van der Waals surface area contributed by atoms with Crippen LogP contribution in [0.25, 0.3) is 0 Å². The first kappa shape index (κ1) is 15.2. The molecule has 1 aromatic rings. The third-order valence-corrected chi connectivity index (χ3v) is 3.61. The second-order valence-corrected chi connectivity index (χ2v) is 5.45. The van der Waals surface area contributed by atoms with Crippen LogP contribution in [0.1, 0.15) is 42.1 Å². The lowest BCUT2D eigenvalue weighted by atomic mass is 10.0. The molecule has 0 fully saturated rings. The number of carbonyl (C=O) groups excluding carboxylic acids is 1. The van der Waals surface area contributed by atoms with E-state index >= 15 is 0 Å². The van der Waals surface area contributed by atoms with E-state index in [-0.39, 0.29) is 5.91 Å². The fraction of sp³-hybridized carbons (Fsp3) is 0.533. The largest absolute Gasteiger partial charge is 0.352 e. The lowest BCUT2D eigenvalue weighted by Crippen LogP contribution is -2.30. The van der Waals surface area contributed by atoms with Crippen LogP contribution in [-0.2, 0) is 0 Å². The Labute approximate surface area is 118 Å². The van der Waals surface area contributed by atoms with Gasteiger partial charge in [0.15, 0.2) is 0 Å². The van der Waals surface area contributed by atoms with Gasteiger partial charge in [-0.15, -0.1) is 0 Å². The number of alkyl halides is 1. The molecule has 0 radical (unpaired) electrons. The number of halogens is 1. The lowest BCUT2D eigenvalue weighted by molar-refractivity contribution is 0.0945. The number of aryl methyl sites for hydroxylation is 1. The van der Waals surface area contributed by atoms with E-state index in [9.17, 15) is 4.79 Å². The SMILES string of the molecule is CCCC(CCBr)CNC(=O)c1ccccc1C. The Balaban J connectivity index is 2.52. The van der Waals surface area contributed by atoms with Gasteiger partial charge in [-0.25, -0.2) is 0 Å². The molecule has 3 heteroatoms. The number of amides is 1. The van der Waals surface area contributed by atoms with Crippen LogP contribution < -0.4 is 5.32 Å². The highest BCUT2D eigenvalue weighted by Crippen LogP contribution is 2.12. The first-order chi connectivity index (χ1) is 8.69. The van der Waals surface area contributed by atoms with E-state index in [1.807, 2.05) is 31.2 Å². The maximum atomic E-state index is 12.1. The minimum Gasteiger partial charge on any atom is -0.352 e. The Hall–Kier alpha value is -0.830. The molecule has 18 heavy (non-hydrogen) atoms. The molecule has 0 aliphatic carbocycles. The molecule has 1 N–H and O–H groups in total. The third kappa shape index (κ3) is 4.81. The van der Waals surface area contributed by atoms with Gasteiger partial charge in [0, 0.05) is 17.4 Å². The zero-order valence-electron chi connectivity index (χ0n) is 11.2. The second kappa shape index (κ2) is 8.30. The van der Waals surface area contributed by atoms with Crippen molar-refractivity contribution in [2.75, 3.05) is 11.9 Å². The van der Waals surface area contributed by atoms with Gasteiger partial charge in [0.25, 0.3) is 5.91 Å². The summed E-state index contributed by atoms with van der Waals surface area (Å²) in [7, 11) is 0. The van der Waals surface area contributed by atoms with Crippen LogP contribution in [0.15, 0.2) is 24.3 Å². The monoisotopic (exact) mass is 311 g/mol. The van der Waals surface area contributed by atoms with Crippen LogP contribution >= 0.6 is 15.9 Å². The van der Waals surface area contributed by atoms with Crippen LogP contribution in [0.4, 0.5) is 0 Å². The van der Waals surface area contributed by atoms with Gasteiger partial charge in [-0.3, -0.25) is 4.79 Å². The quantitative estimate of drug-likeness (QED) is 0.760. The number of rotatable bonds is 7. The summed E-state index contributed by atoms with van der Waals surface area (Å²) in [6.45, 7) is 4.92. The molecule has 1 amide bonds. The zero-order valence-corrected chi connectivity index (χ0v) is 12.8. The fourth-order valence-corrected chi connectivity index (χ4v) is 2.72. The number of carbonyl (C=O) groups is 1. The van der Waals surface area contributed by atoms with Gasteiger partial charge in [0.1, 0.15) is 0 Å². The minimum atomic E-state index is 0.0452. The molecule has 0 aromatic heterocycles. The van der Waals surface area contributed by atoms with Crippen molar-refractivity contribution in [3.63, 3.8) is 0 Å². The maximum Gasteiger partial charge on any atom is 0.251 e. The summed E-state index contributed by atoms with van der Waals surface area (Å²) >= 11 is 3.47. The Kier molecular flexibility index (Phi) is 7.02. The van der Waals surface area contributed by atoms with E-state index in [0.717, 1.165) is 35.8 Å². The number of hydrogen-bond acceptors (Lipinski definition) is 1. The molecular weight excluding hydrogens is 290 g/mol. The van der Waals surface area contributed by atoms with Crippen LogP contribution in [0.2, 0.25) is 0 Å². The zero-order chi connectivity index (χ0) is 13.4. The van der Waals surface area contributed by atoms with E-state index in [1.165, 1.54) is 6.42 Å². The minimum absolute atomic E-state index is 0.0452. The predicted octanol–water partition coefficient (Wildman–Crippen LogP) is 3.93. The highest BCUT2D eigenvalue weighted by Gasteiger charge is 2.11. The molecule has 0 bridgehead atoms. The number of benzene rings is 1. The van der Waals surface area contributed by atoms with Gasteiger partial charge in [-0.2, -0.15) is 0 Å². The Bertz CT molecular complexity index is 373. The van der Waals surface area contributed by atoms with Crippen molar-refractivity contribution in [3.8, 4) is 0 Å². The Morgan fingerprint density at radius 3 is 2.67 bits per heavy atom. The molecule has 1 aromatic carbocycles. The molecule has 2 nitrogen and oxygen atoms in total. The van der Waals surface area contributed by atoms with Crippen LogP contribution in [-0.4, -0.2) is 17.8 Å². The van der Waals surface area contributed by atoms with Crippen LogP contribution in [0, 0.1) is 12.8 Å². The van der Waals surface area contributed by atoms with Crippen molar-refractivity contribution in [2.24, 2.45) is 5.92 Å². The van der Waals surface area contributed by atoms with E-state index in [1.54, 1.807) is 0 Å². The summed E-state index contributed by atoms with van der Waals surface area (Å²) in [4.78, 5) is 12.1. The van der Waals surface area contributed by atoms with Gasteiger partial charge >= 0.3 is 0 Å². The summed E-state index contributed by atoms with van der Waals surface area (Å²) in [5, 5.41) is 4.05. The summed E-state index contributed by atoms with van der Waals surface area (Å²) in [5.41, 5.74) is 1.81. The van der Waals surface area contributed by atoms with Gasteiger partial charge in [0.05, 0.1) is 0 Å². The average molecular weight is 312 g/mol. The second-order valence-electron chi connectivity index (χ2n) is 4.66. The molecule has 0 heterocycles. The molecular formula is C15H22BrNO. The van der Waals surface area contributed by atoms with Gasteiger partial charge < -0.3 is 5.32 Å². The van der Waals surface area contributed by atoms with Crippen molar-refractivity contribution >= 4 is 21.8 Å². The Morgan fingerprint density at radius 2 is 2.06 bits per heavy atom. The molecule has 0 aliphatic heterocycles. The highest BCUT2D eigenvalue weighted by atomic mass is 79.9. The van der Waals surface area contributed by atoms with Crippen molar-refractivity contribution < 1.29 is 4.79 Å².